The van der Waals surface area contributed by atoms with Gasteiger partial charge in [0.2, 0.25) is 0 Å². The quantitative estimate of drug-likeness (QED) is 0.882. The Balaban J connectivity index is 1.95. The molecule has 0 spiro atoms. The summed E-state index contributed by atoms with van der Waals surface area (Å²) in [5.74, 6) is -0.114. The van der Waals surface area contributed by atoms with E-state index in [9.17, 15) is 4.79 Å². The van der Waals surface area contributed by atoms with Crippen molar-refractivity contribution in [2.24, 2.45) is 0 Å². The van der Waals surface area contributed by atoms with Crippen molar-refractivity contribution in [3.05, 3.63) is 52.0 Å². The zero-order valence-electron chi connectivity index (χ0n) is 8.93. The monoisotopic (exact) mass is 232 g/mol. The van der Waals surface area contributed by atoms with Crippen LogP contribution >= 0.6 is 11.3 Å². The van der Waals surface area contributed by atoms with Crippen LogP contribution in [-0.4, -0.2) is 10.9 Å². The minimum Gasteiger partial charge on any atom is -0.346 e. The standard InChI is InChI=1S/C12H12N2OS/c1-9-3-2-4-10(7-9)8-14-11(15)12-13-5-6-16-12/h2-7H,8H2,1H3,(H,14,15). The lowest BCUT2D eigenvalue weighted by Gasteiger charge is -2.03. The van der Waals surface area contributed by atoms with Crippen molar-refractivity contribution < 1.29 is 4.79 Å². The van der Waals surface area contributed by atoms with Gasteiger partial charge in [-0.3, -0.25) is 4.79 Å². The van der Waals surface area contributed by atoms with Crippen molar-refractivity contribution in [3.8, 4) is 0 Å². The Labute approximate surface area is 98.2 Å². The summed E-state index contributed by atoms with van der Waals surface area (Å²) in [6.45, 7) is 2.58. The Morgan fingerprint density at radius 1 is 1.50 bits per heavy atom. The second-order valence-corrected chi connectivity index (χ2v) is 4.40. The smallest absolute Gasteiger partial charge is 0.280 e. The van der Waals surface area contributed by atoms with Gasteiger partial charge in [0, 0.05) is 18.1 Å². The Morgan fingerprint density at radius 2 is 2.38 bits per heavy atom. The highest BCUT2D eigenvalue weighted by Crippen LogP contribution is 2.06. The molecule has 0 aliphatic rings. The third-order valence-corrected chi connectivity index (χ3v) is 2.93. The lowest BCUT2D eigenvalue weighted by Crippen LogP contribution is -2.22. The van der Waals surface area contributed by atoms with Crippen LogP contribution in [0.15, 0.2) is 35.8 Å². The molecule has 16 heavy (non-hydrogen) atoms. The van der Waals surface area contributed by atoms with Gasteiger partial charge in [-0.05, 0) is 12.5 Å². The number of benzene rings is 1. The molecule has 82 valence electrons. The molecule has 1 aromatic carbocycles. The molecule has 2 aromatic rings. The highest BCUT2D eigenvalue weighted by Gasteiger charge is 2.06. The number of carbonyl (C=O) groups excluding carboxylic acids is 1. The van der Waals surface area contributed by atoms with Crippen molar-refractivity contribution in [3.63, 3.8) is 0 Å². The number of aryl methyl sites for hydroxylation is 1. The highest BCUT2D eigenvalue weighted by atomic mass is 32.1. The van der Waals surface area contributed by atoms with Crippen molar-refractivity contribution in [1.82, 2.24) is 10.3 Å². The molecule has 0 saturated heterocycles. The summed E-state index contributed by atoms with van der Waals surface area (Å²) in [6, 6.07) is 8.07. The van der Waals surface area contributed by atoms with Gasteiger partial charge in [-0.25, -0.2) is 4.98 Å². The SMILES string of the molecule is Cc1cccc(CNC(=O)c2nccs2)c1. The van der Waals surface area contributed by atoms with Crippen molar-refractivity contribution in [1.29, 1.82) is 0 Å². The third kappa shape index (κ3) is 2.67. The summed E-state index contributed by atoms with van der Waals surface area (Å²) in [7, 11) is 0. The normalized spacial score (nSPS) is 10.1. The summed E-state index contributed by atoms with van der Waals surface area (Å²) in [5.41, 5.74) is 2.30. The largest absolute Gasteiger partial charge is 0.346 e. The number of carbonyl (C=O) groups is 1. The van der Waals surface area contributed by atoms with Crippen LogP contribution in [-0.2, 0) is 6.54 Å². The molecule has 0 aliphatic carbocycles. The molecular weight excluding hydrogens is 220 g/mol. The zero-order chi connectivity index (χ0) is 11.4. The minimum absolute atomic E-state index is 0.114. The summed E-state index contributed by atoms with van der Waals surface area (Å²) in [5, 5.41) is 5.14. The second kappa shape index (κ2) is 4.90. The number of hydrogen-bond donors (Lipinski definition) is 1. The zero-order valence-corrected chi connectivity index (χ0v) is 9.75. The molecule has 0 radical (unpaired) electrons. The van der Waals surface area contributed by atoms with E-state index in [0.717, 1.165) is 5.56 Å². The molecule has 0 fully saturated rings. The van der Waals surface area contributed by atoms with Crippen molar-refractivity contribution >= 4 is 17.2 Å². The molecule has 0 aliphatic heterocycles. The first-order valence-corrected chi connectivity index (χ1v) is 5.87. The summed E-state index contributed by atoms with van der Waals surface area (Å²) >= 11 is 1.35. The van der Waals surface area contributed by atoms with E-state index in [1.54, 1.807) is 11.6 Å². The van der Waals surface area contributed by atoms with Gasteiger partial charge in [-0.1, -0.05) is 29.8 Å². The molecule has 0 bridgehead atoms. The molecule has 1 amide bonds. The Bertz CT molecular complexity index is 480. The molecule has 1 heterocycles. The van der Waals surface area contributed by atoms with Gasteiger partial charge < -0.3 is 5.32 Å². The van der Waals surface area contributed by atoms with E-state index in [0.29, 0.717) is 11.6 Å². The second-order valence-electron chi connectivity index (χ2n) is 3.51. The number of thiazole rings is 1. The summed E-state index contributed by atoms with van der Waals surface area (Å²) < 4.78 is 0. The number of rotatable bonds is 3. The van der Waals surface area contributed by atoms with Gasteiger partial charge in [0.25, 0.3) is 5.91 Å². The van der Waals surface area contributed by atoms with Crippen LogP contribution in [0.5, 0.6) is 0 Å². The predicted octanol–water partition coefficient (Wildman–Crippen LogP) is 2.38. The predicted molar refractivity (Wildman–Crippen MR) is 64.5 cm³/mol. The molecule has 1 N–H and O–H groups in total. The maximum Gasteiger partial charge on any atom is 0.280 e. The fourth-order valence-electron chi connectivity index (χ4n) is 1.42. The van der Waals surface area contributed by atoms with Crippen LogP contribution in [0.3, 0.4) is 0 Å². The fraction of sp³-hybridized carbons (Fsp3) is 0.167. The van der Waals surface area contributed by atoms with Gasteiger partial charge in [0.05, 0.1) is 0 Å². The van der Waals surface area contributed by atoms with Gasteiger partial charge in [-0.2, -0.15) is 0 Å². The van der Waals surface area contributed by atoms with Crippen molar-refractivity contribution in [2.75, 3.05) is 0 Å². The van der Waals surface area contributed by atoms with Crippen LogP contribution in [0.25, 0.3) is 0 Å². The molecular formula is C12H12N2OS. The lowest BCUT2D eigenvalue weighted by atomic mass is 10.1. The Kier molecular flexibility index (Phi) is 3.31. The average Bonchev–Trinajstić information content (AvgIpc) is 2.79. The number of nitrogens with one attached hydrogen (secondary N) is 1. The first-order valence-electron chi connectivity index (χ1n) is 4.99. The number of amides is 1. The average molecular weight is 232 g/mol. The Morgan fingerprint density at radius 3 is 3.06 bits per heavy atom. The fourth-order valence-corrected chi connectivity index (χ4v) is 1.97. The van der Waals surface area contributed by atoms with Gasteiger partial charge >= 0.3 is 0 Å². The van der Waals surface area contributed by atoms with Gasteiger partial charge in [-0.15, -0.1) is 11.3 Å². The first kappa shape index (κ1) is 10.8. The van der Waals surface area contributed by atoms with E-state index in [-0.39, 0.29) is 5.91 Å². The third-order valence-electron chi connectivity index (χ3n) is 2.16. The van der Waals surface area contributed by atoms with E-state index in [1.165, 1.54) is 16.9 Å². The lowest BCUT2D eigenvalue weighted by molar-refractivity contribution is 0.0950. The van der Waals surface area contributed by atoms with E-state index in [2.05, 4.69) is 16.4 Å². The highest BCUT2D eigenvalue weighted by molar-refractivity contribution is 7.11. The topological polar surface area (TPSA) is 42.0 Å². The van der Waals surface area contributed by atoms with E-state index in [4.69, 9.17) is 0 Å². The van der Waals surface area contributed by atoms with Crippen LogP contribution < -0.4 is 5.32 Å². The molecule has 3 nitrogen and oxygen atoms in total. The summed E-state index contributed by atoms with van der Waals surface area (Å²) in [6.07, 6.45) is 1.63. The van der Waals surface area contributed by atoms with Crippen LogP contribution in [0.4, 0.5) is 0 Å². The molecule has 2 rings (SSSR count). The molecule has 4 heteroatoms. The number of aromatic nitrogens is 1. The van der Waals surface area contributed by atoms with Crippen LogP contribution in [0.2, 0.25) is 0 Å². The molecule has 0 atom stereocenters. The first-order chi connectivity index (χ1) is 7.75. The molecule has 1 aromatic heterocycles. The van der Waals surface area contributed by atoms with Gasteiger partial charge in [0.15, 0.2) is 5.01 Å². The minimum atomic E-state index is -0.114. The van der Waals surface area contributed by atoms with E-state index >= 15 is 0 Å². The van der Waals surface area contributed by atoms with Crippen LogP contribution in [0, 0.1) is 6.92 Å². The number of nitrogens with zero attached hydrogens (tertiary/aromatic N) is 1. The van der Waals surface area contributed by atoms with Gasteiger partial charge in [0.1, 0.15) is 0 Å². The van der Waals surface area contributed by atoms with Crippen LogP contribution in [0.1, 0.15) is 20.9 Å². The van der Waals surface area contributed by atoms with Crippen molar-refractivity contribution in [2.45, 2.75) is 13.5 Å². The molecule has 0 unspecified atom stereocenters. The summed E-state index contributed by atoms with van der Waals surface area (Å²) in [4.78, 5) is 15.6. The molecule has 0 saturated carbocycles. The maximum atomic E-state index is 11.6. The van der Waals surface area contributed by atoms with E-state index < -0.39 is 0 Å². The number of hydrogen-bond acceptors (Lipinski definition) is 3. The Hall–Kier alpha value is -1.68. The van der Waals surface area contributed by atoms with E-state index in [1.807, 2.05) is 25.1 Å². The maximum absolute atomic E-state index is 11.6.